The number of hydrogen-bond acceptors (Lipinski definition) is 5. The average Bonchev–Trinajstić information content (AvgIpc) is 3.07. The third kappa shape index (κ3) is 5.46. The van der Waals surface area contributed by atoms with E-state index in [1.165, 1.54) is 5.56 Å². The van der Waals surface area contributed by atoms with Crippen molar-refractivity contribution >= 4 is 15.9 Å². The lowest BCUT2D eigenvalue weighted by molar-refractivity contribution is -0.139. The molecule has 9 heteroatoms. The molecule has 1 aromatic carbocycles. The number of rotatable bonds is 7. The molecule has 1 fully saturated rings. The summed E-state index contributed by atoms with van der Waals surface area (Å²) in [6, 6.07) is 7.58. The lowest BCUT2D eigenvalue weighted by Crippen LogP contribution is -2.49. The van der Waals surface area contributed by atoms with E-state index < -0.39 is 16.1 Å². The number of piperidine rings is 1. The lowest BCUT2D eigenvalue weighted by atomic mass is 10.0. The fraction of sp³-hybridized carbons (Fsp3) is 0.545. The number of hydrogen-bond donors (Lipinski definition) is 2. The van der Waals surface area contributed by atoms with Crippen molar-refractivity contribution in [1.82, 2.24) is 19.8 Å². The van der Waals surface area contributed by atoms with Crippen molar-refractivity contribution in [2.45, 2.75) is 70.4 Å². The Morgan fingerprint density at radius 3 is 2.29 bits per heavy atom. The molecule has 1 aromatic heterocycles. The van der Waals surface area contributed by atoms with Crippen molar-refractivity contribution in [3.8, 4) is 5.75 Å². The number of carbonyl (C=O) groups is 1. The molecule has 1 unspecified atom stereocenters. The van der Waals surface area contributed by atoms with Crippen molar-refractivity contribution in [2.75, 3.05) is 13.1 Å². The first-order chi connectivity index (χ1) is 14.6. The molecule has 2 heterocycles. The number of aromatic amines is 1. The third-order valence-corrected chi connectivity index (χ3v) is 7.45. The number of nitrogens with zero attached hydrogens (tertiary/aromatic N) is 2. The van der Waals surface area contributed by atoms with Crippen molar-refractivity contribution < 1.29 is 17.9 Å². The Balaban J connectivity index is 1.53. The van der Waals surface area contributed by atoms with Gasteiger partial charge in [0.2, 0.25) is 10.0 Å². The monoisotopic (exact) mass is 448 g/mol. The van der Waals surface area contributed by atoms with Crippen LogP contribution in [-0.4, -0.2) is 54.7 Å². The molecule has 1 atom stereocenters. The Morgan fingerprint density at radius 1 is 1.16 bits per heavy atom. The second-order valence-corrected chi connectivity index (χ2v) is 10.1. The molecule has 1 saturated heterocycles. The molecule has 2 aromatic rings. The zero-order valence-electron chi connectivity index (χ0n) is 18.8. The van der Waals surface area contributed by atoms with E-state index in [2.05, 4.69) is 28.8 Å². The van der Waals surface area contributed by atoms with Crippen molar-refractivity contribution in [3.63, 3.8) is 0 Å². The van der Waals surface area contributed by atoms with Crippen LogP contribution in [0.15, 0.2) is 29.2 Å². The number of carbonyl (C=O) groups excluding carboxylic acids is 1. The zero-order valence-corrected chi connectivity index (χ0v) is 19.6. The van der Waals surface area contributed by atoms with Crippen molar-refractivity contribution in [2.24, 2.45) is 0 Å². The number of likely N-dealkylation sites (tertiary alicyclic amines) is 1. The molecule has 1 aliphatic heterocycles. The normalized spacial score (nSPS) is 16.5. The van der Waals surface area contributed by atoms with Crippen LogP contribution in [0.5, 0.6) is 5.75 Å². The summed E-state index contributed by atoms with van der Waals surface area (Å²) in [6.07, 6.45) is 0.502. The molecule has 0 radical (unpaired) electrons. The average molecular weight is 449 g/mol. The van der Waals surface area contributed by atoms with E-state index in [-0.39, 0.29) is 16.8 Å². The SMILES string of the molecule is Cc1n[nH]c(C)c1S(=O)(=O)NC1CCN(C(=O)C(C)Oc2ccc(C(C)C)cc2)CC1. The topological polar surface area (TPSA) is 104 Å². The fourth-order valence-electron chi connectivity index (χ4n) is 3.88. The smallest absolute Gasteiger partial charge is 0.263 e. The number of ether oxygens (including phenoxy) is 1. The predicted molar refractivity (Wildman–Crippen MR) is 119 cm³/mol. The Morgan fingerprint density at radius 2 is 1.77 bits per heavy atom. The fourth-order valence-corrected chi connectivity index (χ4v) is 5.55. The Labute approximate surface area is 184 Å². The first-order valence-corrected chi connectivity index (χ1v) is 12.2. The quantitative estimate of drug-likeness (QED) is 0.678. The number of aromatic nitrogens is 2. The highest BCUT2D eigenvalue weighted by Gasteiger charge is 2.31. The van der Waals surface area contributed by atoms with Gasteiger partial charge in [-0.15, -0.1) is 0 Å². The minimum atomic E-state index is -3.65. The summed E-state index contributed by atoms with van der Waals surface area (Å²) in [6.45, 7) is 10.3. The van der Waals surface area contributed by atoms with Crippen molar-refractivity contribution in [1.29, 1.82) is 0 Å². The van der Waals surface area contributed by atoms with Gasteiger partial charge in [-0.3, -0.25) is 9.89 Å². The molecule has 2 N–H and O–H groups in total. The Kier molecular flexibility index (Phi) is 7.06. The van der Waals surface area contributed by atoms with Crippen LogP contribution < -0.4 is 9.46 Å². The van der Waals surface area contributed by atoms with E-state index >= 15 is 0 Å². The highest BCUT2D eigenvalue weighted by atomic mass is 32.2. The highest BCUT2D eigenvalue weighted by Crippen LogP contribution is 2.22. The minimum absolute atomic E-state index is 0.0873. The van der Waals surface area contributed by atoms with Gasteiger partial charge in [-0.05, 0) is 57.2 Å². The molecule has 0 spiro atoms. The van der Waals surface area contributed by atoms with Gasteiger partial charge in [-0.2, -0.15) is 5.10 Å². The van der Waals surface area contributed by atoms with Gasteiger partial charge in [0, 0.05) is 19.1 Å². The van der Waals surface area contributed by atoms with Crippen LogP contribution in [0, 0.1) is 13.8 Å². The standard InChI is InChI=1S/C22H32N4O4S/c1-14(2)18-6-8-20(9-7-18)30-17(5)22(27)26-12-10-19(11-13-26)25-31(28,29)21-15(3)23-24-16(21)4/h6-9,14,17,19,25H,10-13H2,1-5H3,(H,23,24). The van der Waals surface area contributed by atoms with Crippen LogP contribution in [0.25, 0.3) is 0 Å². The summed E-state index contributed by atoms with van der Waals surface area (Å²) in [5.41, 5.74) is 2.19. The number of nitrogens with one attached hydrogen (secondary N) is 2. The van der Waals surface area contributed by atoms with Crippen LogP contribution in [0.2, 0.25) is 0 Å². The van der Waals surface area contributed by atoms with E-state index in [4.69, 9.17) is 4.74 Å². The maximum Gasteiger partial charge on any atom is 0.263 e. The van der Waals surface area contributed by atoms with Gasteiger partial charge >= 0.3 is 0 Å². The molecule has 1 amide bonds. The summed E-state index contributed by atoms with van der Waals surface area (Å²) >= 11 is 0. The Bertz CT molecular complexity index is 987. The predicted octanol–water partition coefficient (Wildman–Crippen LogP) is 2.89. The van der Waals surface area contributed by atoms with Gasteiger partial charge in [0.1, 0.15) is 10.6 Å². The van der Waals surface area contributed by atoms with E-state index in [1.807, 2.05) is 24.3 Å². The molecule has 170 valence electrons. The largest absolute Gasteiger partial charge is 0.481 e. The van der Waals surface area contributed by atoms with E-state index in [0.717, 1.165) is 0 Å². The number of amides is 1. The number of H-pyrrole nitrogens is 1. The van der Waals surface area contributed by atoms with E-state index in [9.17, 15) is 13.2 Å². The second kappa shape index (κ2) is 9.40. The highest BCUT2D eigenvalue weighted by molar-refractivity contribution is 7.89. The van der Waals surface area contributed by atoms with Crippen LogP contribution >= 0.6 is 0 Å². The molecular formula is C22H32N4O4S. The molecule has 31 heavy (non-hydrogen) atoms. The lowest BCUT2D eigenvalue weighted by Gasteiger charge is -2.33. The first kappa shape index (κ1) is 23.3. The summed E-state index contributed by atoms with van der Waals surface area (Å²) in [5.74, 6) is 1.02. The number of benzene rings is 1. The maximum atomic E-state index is 12.8. The number of aryl methyl sites for hydroxylation is 2. The van der Waals surface area contributed by atoms with E-state index in [1.54, 1.807) is 25.7 Å². The summed E-state index contributed by atoms with van der Waals surface area (Å²) in [7, 11) is -3.65. The maximum absolute atomic E-state index is 12.8. The molecule has 1 aliphatic rings. The first-order valence-electron chi connectivity index (χ1n) is 10.7. The van der Waals surface area contributed by atoms with Crippen LogP contribution in [0.3, 0.4) is 0 Å². The molecule has 0 aliphatic carbocycles. The molecule has 3 rings (SSSR count). The molecule has 8 nitrogen and oxygen atoms in total. The van der Waals surface area contributed by atoms with Gasteiger partial charge in [0.25, 0.3) is 5.91 Å². The second-order valence-electron chi connectivity index (χ2n) is 8.47. The Hall–Kier alpha value is -2.39. The van der Waals surface area contributed by atoms with Gasteiger partial charge < -0.3 is 9.64 Å². The molecule has 0 bridgehead atoms. The van der Waals surface area contributed by atoms with Gasteiger partial charge in [0.15, 0.2) is 6.10 Å². The third-order valence-electron chi connectivity index (χ3n) is 5.67. The van der Waals surface area contributed by atoms with Crippen LogP contribution in [-0.2, 0) is 14.8 Å². The van der Waals surface area contributed by atoms with Crippen molar-refractivity contribution in [3.05, 3.63) is 41.2 Å². The number of sulfonamides is 1. The minimum Gasteiger partial charge on any atom is -0.481 e. The van der Waals surface area contributed by atoms with Gasteiger partial charge in [-0.25, -0.2) is 13.1 Å². The molecule has 0 saturated carbocycles. The summed E-state index contributed by atoms with van der Waals surface area (Å²) in [4.78, 5) is 14.7. The van der Waals surface area contributed by atoms with Crippen LogP contribution in [0.4, 0.5) is 0 Å². The summed E-state index contributed by atoms with van der Waals surface area (Å²) in [5, 5.41) is 6.67. The van der Waals surface area contributed by atoms with Crippen LogP contribution in [0.1, 0.15) is 56.5 Å². The van der Waals surface area contributed by atoms with E-state index in [0.29, 0.717) is 49.0 Å². The summed E-state index contributed by atoms with van der Waals surface area (Å²) < 4.78 is 34.0. The van der Waals surface area contributed by atoms with Gasteiger partial charge in [-0.1, -0.05) is 26.0 Å². The molecular weight excluding hydrogens is 416 g/mol. The van der Waals surface area contributed by atoms with Gasteiger partial charge in [0.05, 0.1) is 11.4 Å². The zero-order chi connectivity index (χ0) is 22.8.